The predicted octanol–water partition coefficient (Wildman–Crippen LogP) is 3.82. The van der Waals surface area contributed by atoms with Crippen LogP contribution in [0.25, 0.3) is 0 Å². The lowest BCUT2D eigenvalue weighted by Crippen LogP contribution is -2.39. The van der Waals surface area contributed by atoms with Crippen LogP contribution in [-0.2, 0) is 9.05 Å². The van der Waals surface area contributed by atoms with E-state index in [-0.39, 0.29) is 11.8 Å². The second-order valence-corrected chi connectivity index (χ2v) is 9.02. The third-order valence-corrected chi connectivity index (χ3v) is 8.72. The number of benzene rings is 1. The van der Waals surface area contributed by atoms with Crippen molar-refractivity contribution in [1.82, 2.24) is 0 Å². The van der Waals surface area contributed by atoms with Gasteiger partial charge in [0.2, 0.25) is 9.05 Å². The van der Waals surface area contributed by atoms with Gasteiger partial charge in [0, 0.05) is 21.5 Å². The van der Waals surface area contributed by atoms with Crippen LogP contribution >= 0.6 is 22.4 Å². The fourth-order valence-electron chi connectivity index (χ4n) is 2.57. The molecule has 2 rings (SSSR count). The van der Waals surface area contributed by atoms with Gasteiger partial charge in [-0.15, -0.1) is 11.8 Å². The van der Waals surface area contributed by atoms with Crippen LogP contribution in [0.4, 0.5) is 0 Å². The van der Waals surface area contributed by atoms with Gasteiger partial charge in [0.25, 0.3) is 0 Å². The van der Waals surface area contributed by atoms with Crippen molar-refractivity contribution in [2.24, 2.45) is 5.92 Å². The lowest BCUT2D eigenvalue weighted by molar-refractivity contribution is 0.474. The number of rotatable bonds is 2. The summed E-state index contributed by atoms with van der Waals surface area (Å²) in [6.45, 7) is 5.77. The Balaban J connectivity index is 2.63. The Kier molecular flexibility index (Phi) is 3.26. The Morgan fingerprint density at radius 3 is 2.41 bits per heavy atom. The molecule has 2 nitrogen and oxygen atoms in total. The highest BCUT2D eigenvalue weighted by Gasteiger charge is 2.55. The van der Waals surface area contributed by atoms with Crippen molar-refractivity contribution in [2.45, 2.75) is 35.7 Å². The highest BCUT2D eigenvalue weighted by atomic mass is 35.7. The maximum Gasteiger partial charge on any atom is 0.248 e. The van der Waals surface area contributed by atoms with Gasteiger partial charge < -0.3 is 0 Å². The summed E-state index contributed by atoms with van der Waals surface area (Å²) in [4.78, 5) is 1.03. The maximum atomic E-state index is 12.0. The van der Waals surface area contributed by atoms with Crippen molar-refractivity contribution in [3.05, 3.63) is 29.8 Å². The third-order valence-electron chi connectivity index (χ3n) is 3.44. The van der Waals surface area contributed by atoms with Gasteiger partial charge in [0.1, 0.15) is 4.08 Å². The van der Waals surface area contributed by atoms with E-state index in [0.717, 1.165) is 10.5 Å². The van der Waals surface area contributed by atoms with Crippen molar-refractivity contribution < 1.29 is 8.42 Å². The first-order valence-corrected chi connectivity index (χ1v) is 8.65. The third kappa shape index (κ3) is 1.81. The summed E-state index contributed by atoms with van der Waals surface area (Å²) in [6.07, 6.45) is 0. The first-order chi connectivity index (χ1) is 7.80. The highest BCUT2D eigenvalue weighted by Crippen LogP contribution is 2.60. The van der Waals surface area contributed by atoms with Gasteiger partial charge in [0.15, 0.2) is 0 Å². The largest absolute Gasteiger partial charge is 0.248 e. The summed E-state index contributed by atoms with van der Waals surface area (Å²) >= 11 is 1.39. The van der Waals surface area contributed by atoms with Crippen LogP contribution in [0.3, 0.4) is 0 Å². The molecule has 0 saturated carbocycles. The second kappa shape index (κ2) is 4.18. The molecule has 0 fully saturated rings. The van der Waals surface area contributed by atoms with Gasteiger partial charge in [-0.05, 0) is 17.5 Å². The number of thioether (sulfide) groups is 1. The SMILES string of the molecule is CC(C)C1(S(=O)(=O)Cl)Sc2ccccc2C1C. The minimum atomic E-state index is -3.65. The molecule has 0 radical (unpaired) electrons. The van der Waals surface area contributed by atoms with Gasteiger partial charge in [0.05, 0.1) is 0 Å². The Bertz CT molecular complexity index is 539. The van der Waals surface area contributed by atoms with Crippen LogP contribution in [0.5, 0.6) is 0 Å². The van der Waals surface area contributed by atoms with E-state index in [0.29, 0.717) is 0 Å². The quantitative estimate of drug-likeness (QED) is 0.777. The molecule has 1 aliphatic heterocycles. The minimum absolute atomic E-state index is 0.0441. The standard InChI is InChI=1S/C12H15ClO2S2/c1-8(2)12(17(13,14)15)9(3)10-6-4-5-7-11(10)16-12/h4-9H,1-3H3. The first-order valence-electron chi connectivity index (χ1n) is 5.53. The molecule has 94 valence electrons. The predicted molar refractivity (Wildman–Crippen MR) is 73.1 cm³/mol. The number of fused-ring (bicyclic) bond motifs is 1. The van der Waals surface area contributed by atoms with E-state index in [9.17, 15) is 8.42 Å². The van der Waals surface area contributed by atoms with Crippen molar-refractivity contribution in [3.8, 4) is 0 Å². The van der Waals surface area contributed by atoms with Gasteiger partial charge in [-0.3, -0.25) is 0 Å². The van der Waals surface area contributed by atoms with Gasteiger partial charge in [-0.1, -0.05) is 39.0 Å². The monoisotopic (exact) mass is 290 g/mol. The summed E-state index contributed by atoms with van der Waals surface area (Å²) in [5.41, 5.74) is 1.08. The summed E-state index contributed by atoms with van der Waals surface area (Å²) in [6, 6.07) is 7.81. The van der Waals surface area contributed by atoms with Crippen LogP contribution in [0.2, 0.25) is 0 Å². The molecule has 2 atom stereocenters. The van der Waals surface area contributed by atoms with Crippen molar-refractivity contribution in [3.63, 3.8) is 0 Å². The minimum Gasteiger partial charge on any atom is -0.211 e. The zero-order valence-corrected chi connectivity index (χ0v) is 12.4. The average Bonchev–Trinajstić information content (AvgIpc) is 2.53. The van der Waals surface area contributed by atoms with Crippen LogP contribution in [0, 0.1) is 5.92 Å². The maximum absolute atomic E-state index is 12.0. The highest BCUT2D eigenvalue weighted by molar-refractivity contribution is 8.25. The Morgan fingerprint density at radius 2 is 1.94 bits per heavy atom. The number of hydrogen-bond acceptors (Lipinski definition) is 3. The van der Waals surface area contributed by atoms with Crippen LogP contribution in [-0.4, -0.2) is 12.5 Å². The summed E-state index contributed by atoms with van der Waals surface area (Å²) in [5.74, 6) is -0.136. The molecule has 17 heavy (non-hydrogen) atoms. The van der Waals surface area contributed by atoms with E-state index < -0.39 is 13.1 Å². The zero-order chi connectivity index (χ0) is 12.8. The molecule has 0 aliphatic carbocycles. The fourth-order valence-corrected chi connectivity index (χ4v) is 6.96. The summed E-state index contributed by atoms with van der Waals surface area (Å²) in [5, 5.41) is 0. The lowest BCUT2D eigenvalue weighted by atomic mass is 9.91. The summed E-state index contributed by atoms with van der Waals surface area (Å²) in [7, 11) is 2.08. The molecule has 0 spiro atoms. The topological polar surface area (TPSA) is 34.1 Å². The van der Waals surface area contributed by atoms with Gasteiger partial charge in [-0.2, -0.15) is 0 Å². The smallest absolute Gasteiger partial charge is 0.211 e. The van der Waals surface area contributed by atoms with Gasteiger partial charge in [-0.25, -0.2) is 8.42 Å². The fraction of sp³-hybridized carbons (Fsp3) is 0.500. The molecule has 1 aromatic rings. The Hall–Kier alpha value is -0.190. The van der Waals surface area contributed by atoms with E-state index in [2.05, 4.69) is 0 Å². The molecule has 2 unspecified atom stereocenters. The van der Waals surface area contributed by atoms with E-state index in [1.807, 2.05) is 45.0 Å². The molecule has 1 aromatic carbocycles. The van der Waals surface area contributed by atoms with E-state index in [4.69, 9.17) is 10.7 Å². The van der Waals surface area contributed by atoms with E-state index in [1.165, 1.54) is 11.8 Å². The molecule has 0 bridgehead atoms. The normalized spacial score (nSPS) is 28.4. The number of halogens is 1. The molecular weight excluding hydrogens is 276 g/mol. The Labute approximate surface area is 111 Å². The molecule has 0 amide bonds. The molecular formula is C12H15ClO2S2. The van der Waals surface area contributed by atoms with Crippen molar-refractivity contribution in [1.29, 1.82) is 0 Å². The second-order valence-electron chi connectivity index (χ2n) is 4.68. The molecule has 1 aliphatic rings. The molecule has 0 aromatic heterocycles. The van der Waals surface area contributed by atoms with Crippen LogP contribution < -0.4 is 0 Å². The Morgan fingerprint density at radius 1 is 1.35 bits per heavy atom. The van der Waals surface area contributed by atoms with Crippen molar-refractivity contribution >= 4 is 31.5 Å². The van der Waals surface area contributed by atoms with Crippen LogP contribution in [0.1, 0.15) is 32.3 Å². The van der Waals surface area contributed by atoms with Crippen LogP contribution in [0.15, 0.2) is 29.2 Å². The average molecular weight is 291 g/mol. The summed E-state index contributed by atoms with van der Waals surface area (Å²) < 4.78 is 23.1. The lowest BCUT2D eigenvalue weighted by Gasteiger charge is -2.33. The molecule has 5 heteroatoms. The first kappa shape index (κ1) is 13.2. The van der Waals surface area contributed by atoms with E-state index >= 15 is 0 Å². The zero-order valence-electron chi connectivity index (χ0n) is 9.98. The molecule has 0 saturated heterocycles. The number of hydrogen-bond donors (Lipinski definition) is 0. The van der Waals surface area contributed by atoms with Gasteiger partial charge >= 0.3 is 0 Å². The van der Waals surface area contributed by atoms with E-state index in [1.54, 1.807) is 0 Å². The molecule has 0 N–H and O–H groups in total. The van der Waals surface area contributed by atoms with Crippen molar-refractivity contribution in [2.75, 3.05) is 0 Å². The molecule has 1 heterocycles.